The monoisotopic (exact) mass is 367 g/mol. The van der Waals surface area contributed by atoms with E-state index in [1.807, 2.05) is 0 Å². The van der Waals surface area contributed by atoms with Gasteiger partial charge in [-0.15, -0.1) is 0 Å². The highest BCUT2D eigenvalue weighted by molar-refractivity contribution is 7.80. The molecule has 0 saturated heterocycles. The summed E-state index contributed by atoms with van der Waals surface area (Å²) in [6, 6.07) is 12.2. The molecule has 0 aliphatic carbocycles. The van der Waals surface area contributed by atoms with E-state index in [1.165, 1.54) is 31.4 Å². The second kappa shape index (κ2) is 8.25. The molecule has 0 heterocycles. The summed E-state index contributed by atoms with van der Waals surface area (Å²) in [4.78, 5) is 12.4. The predicted molar refractivity (Wildman–Crippen MR) is 92.8 cm³/mol. The van der Waals surface area contributed by atoms with Crippen molar-refractivity contribution in [3.63, 3.8) is 0 Å². The number of carbonyl (C=O) groups excluding carboxylic acids is 1. The molecule has 9 heteroatoms. The number of thiocarbonyl (C=S) groups is 1. The Bertz CT molecular complexity index is 757. The van der Waals surface area contributed by atoms with Crippen molar-refractivity contribution in [2.75, 3.05) is 12.1 Å². The van der Waals surface area contributed by atoms with Gasteiger partial charge in [0.25, 0.3) is 5.91 Å². The fraction of sp³-hybridized carbons (Fsp3) is 0.125. The molecule has 0 atom stereocenters. The van der Waals surface area contributed by atoms with Crippen molar-refractivity contribution >= 4 is 28.9 Å². The molecular weight excluding hydrogens is 352 g/mol. The maximum absolute atomic E-state index is 12.5. The summed E-state index contributed by atoms with van der Waals surface area (Å²) in [6.45, 7) is -3.05. The fourth-order valence-corrected chi connectivity index (χ4v) is 2.14. The first kappa shape index (κ1) is 18.4. The number of nitrogens with zero attached hydrogens (tertiary/aromatic N) is 1. The van der Waals surface area contributed by atoms with Gasteiger partial charge in [-0.3, -0.25) is 10.2 Å². The molecule has 0 aliphatic rings. The zero-order valence-electron chi connectivity index (χ0n) is 13.1. The van der Waals surface area contributed by atoms with Crippen LogP contribution >= 0.6 is 12.2 Å². The Kier molecular flexibility index (Phi) is 6.07. The highest BCUT2D eigenvalue weighted by atomic mass is 32.1. The number of ether oxygens (including phenoxy) is 2. The number of alkyl halides is 2. The van der Waals surface area contributed by atoms with Crippen molar-refractivity contribution in [3.05, 3.63) is 54.1 Å². The lowest BCUT2D eigenvalue weighted by atomic mass is 10.2. The summed E-state index contributed by atoms with van der Waals surface area (Å²) in [7, 11) is 1.52. The van der Waals surface area contributed by atoms with Gasteiger partial charge in [-0.25, -0.2) is 5.01 Å². The van der Waals surface area contributed by atoms with E-state index in [0.29, 0.717) is 11.4 Å². The Morgan fingerprint density at radius 3 is 2.40 bits per heavy atom. The molecule has 0 spiro atoms. The average Bonchev–Trinajstić information content (AvgIpc) is 2.59. The third kappa shape index (κ3) is 4.77. The van der Waals surface area contributed by atoms with E-state index in [4.69, 9.17) is 22.7 Å². The number of rotatable bonds is 5. The molecule has 0 radical (unpaired) electrons. The molecule has 2 aromatic rings. The number of anilines is 1. The van der Waals surface area contributed by atoms with Gasteiger partial charge in [0.15, 0.2) is 5.11 Å². The first-order valence-electron chi connectivity index (χ1n) is 7.01. The van der Waals surface area contributed by atoms with Gasteiger partial charge in [0.1, 0.15) is 11.5 Å². The van der Waals surface area contributed by atoms with Gasteiger partial charge in [-0.05, 0) is 48.6 Å². The topological polar surface area (TPSA) is 76.8 Å². The number of nitrogens with two attached hydrogens (primary N) is 1. The lowest BCUT2D eigenvalue weighted by molar-refractivity contribution is -0.0501. The first-order valence-corrected chi connectivity index (χ1v) is 7.41. The third-order valence-electron chi connectivity index (χ3n) is 3.11. The summed E-state index contributed by atoms with van der Waals surface area (Å²) in [5, 5.41) is 1.02. The maximum Gasteiger partial charge on any atom is 0.387 e. The van der Waals surface area contributed by atoms with Gasteiger partial charge < -0.3 is 15.2 Å². The van der Waals surface area contributed by atoms with Crippen molar-refractivity contribution < 1.29 is 23.0 Å². The van der Waals surface area contributed by atoms with Crippen molar-refractivity contribution in [3.8, 4) is 11.5 Å². The van der Waals surface area contributed by atoms with Crippen LogP contribution in [0.4, 0.5) is 14.5 Å². The zero-order valence-corrected chi connectivity index (χ0v) is 13.9. The molecule has 6 nitrogen and oxygen atoms in total. The second-order valence-electron chi connectivity index (χ2n) is 4.69. The Morgan fingerprint density at radius 1 is 1.20 bits per heavy atom. The Labute approximate surface area is 148 Å². The molecule has 2 aromatic carbocycles. The number of benzene rings is 2. The molecule has 0 aromatic heterocycles. The molecule has 25 heavy (non-hydrogen) atoms. The lowest BCUT2D eigenvalue weighted by Crippen LogP contribution is -2.49. The van der Waals surface area contributed by atoms with E-state index in [9.17, 15) is 13.6 Å². The molecule has 0 saturated carbocycles. The number of methoxy groups -OCH3 is 1. The summed E-state index contributed by atoms with van der Waals surface area (Å²) < 4.78 is 34.4. The maximum atomic E-state index is 12.5. The standard InChI is InChI=1S/C16H15F2N3O3S/c1-23-11-8-6-10(7-9-11)21(16(19)25)20-14(22)12-4-2-3-5-13(12)24-15(17)18/h2-9,15H,1H3,(H2,19,25)(H,20,22). The Balaban J connectivity index is 2.25. The minimum absolute atomic E-state index is 0.0856. The van der Waals surface area contributed by atoms with Gasteiger partial charge in [0.2, 0.25) is 0 Å². The highest BCUT2D eigenvalue weighted by Gasteiger charge is 2.19. The SMILES string of the molecule is COc1ccc(N(NC(=O)c2ccccc2OC(F)F)C(N)=S)cc1. The summed E-state index contributed by atoms with van der Waals surface area (Å²) in [5.41, 5.74) is 8.49. The molecular formula is C16H15F2N3O3S. The second-order valence-corrected chi connectivity index (χ2v) is 5.11. The number of nitrogens with one attached hydrogen (secondary N) is 1. The first-order chi connectivity index (χ1) is 11.9. The smallest absolute Gasteiger partial charge is 0.387 e. The quantitative estimate of drug-likeness (QED) is 0.625. The highest BCUT2D eigenvalue weighted by Crippen LogP contribution is 2.22. The van der Waals surface area contributed by atoms with Crippen LogP contribution in [0.25, 0.3) is 0 Å². The molecule has 1 amide bonds. The van der Waals surface area contributed by atoms with Gasteiger partial charge in [-0.2, -0.15) is 8.78 Å². The van der Waals surface area contributed by atoms with E-state index in [-0.39, 0.29) is 16.4 Å². The van der Waals surface area contributed by atoms with E-state index in [1.54, 1.807) is 24.3 Å². The normalized spacial score (nSPS) is 10.2. The van der Waals surface area contributed by atoms with E-state index in [2.05, 4.69) is 10.2 Å². The van der Waals surface area contributed by atoms with Crippen molar-refractivity contribution in [2.24, 2.45) is 5.73 Å². The van der Waals surface area contributed by atoms with Gasteiger partial charge >= 0.3 is 6.61 Å². The number of hydrogen-bond donors (Lipinski definition) is 2. The summed E-state index contributed by atoms with van der Waals surface area (Å²) in [6.07, 6.45) is 0. The van der Waals surface area contributed by atoms with Crippen LogP contribution in [0.15, 0.2) is 48.5 Å². The van der Waals surface area contributed by atoms with Crippen LogP contribution in [0.3, 0.4) is 0 Å². The van der Waals surface area contributed by atoms with Gasteiger partial charge in [-0.1, -0.05) is 12.1 Å². The minimum Gasteiger partial charge on any atom is -0.497 e. The number of hydrogen-bond acceptors (Lipinski definition) is 4. The third-order valence-corrected chi connectivity index (χ3v) is 3.29. The van der Waals surface area contributed by atoms with Crippen LogP contribution in [-0.4, -0.2) is 24.7 Å². The van der Waals surface area contributed by atoms with Crippen molar-refractivity contribution in [2.45, 2.75) is 6.61 Å². The van der Waals surface area contributed by atoms with Crippen LogP contribution < -0.4 is 25.6 Å². The van der Waals surface area contributed by atoms with Gasteiger partial charge in [0.05, 0.1) is 18.4 Å². The Morgan fingerprint density at radius 2 is 1.84 bits per heavy atom. The minimum atomic E-state index is -3.05. The number of para-hydroxylation sites is 1. The molecule has 0 aliphatic heterocycles. The summed E-state index contributed by atoms with van der Waals surface area (Å²) >= 11 is 4.94. The largest absolute Gasteiger partial charge is 0.497 e. The van der Waals surface area contributed by atoms with Crippen molar-refractivity contribution in [1.82, 2.24) is 5.43 Å². The molecule has 0 unspecified atom stereocenters. The van der Waals surface area contributed by atoms with Crippen LogP contribution in [0.2, 0.25) is 0 Å². The van der Waals surface area contributed by atoms with E-state index < -0.39 is 12.5 Å². The van der Waals surface area contributed by atoms with Gasteiger partial charge in [0, 0.05) is 0 Å². The molecule has 132 valence electrons. The average molecular weight is 367 g/mol. The lowest BCUT2D eigenvalue weighted by Gasteiger charge is -2.24. The van der Waals surface area contributed by atoms with Crippen LogP contribution in [-0.2, 0) is 0 Å². The fourth-order valence-electron chi connectivity index (χ4n) is 1.99. The number of amides is 1. The van der Waals surface area contributed by atoms with E-state index >= 15 is 0 Å². The number of hydrazine groups is 1. The zero-order chi connectivity index (χ0) is 18.4. The molecule has 0 fully saturated rings. The predicted octanol–water partition coefficient (Wildman–Crippen LogP) is 2.69. The van der Waals surface area contributed by atoms with Crippen LogP contribution in [0.5, 0.6) is 11.5 Å². The Hall–Kier alpha value is -2.94. The van der Waals surface area contributed by atoms with Crippen LogP contribution in [0, 0.1) is 0 Å². The van der Waals surface area contributed by atoms with Crippen molar-refractivity contribution in [1.29, 1.82) is 0 Å². The van der Waals surface area contributed by atoms with E-state index in [0.717, 1.165) is 5.01 Å². The van der Waals surface area contributed by atoms with Crippen LogP contribution in [0.1, 0.15) is 10.4 Å². The number of halogens is 2. The summed E-state index contributed by atoms with van der Waals surface area (Å²) in [5.74, 6) is -0.360. The molecule has 3 N–H and O–H groups in total. The number of carbonyl (C=O) groups is 1. The molecule has 0 bridgehead atoms. The molecule has 2 rings (SSSR count).